The van der Waals surface area contributed by atoms with Gasteiger partial charge in [0, 0.05) is 24.7 Å². The summed E-state index contributed by atoms with van der Waals surface area (Å²) in [5.74, 6) is -0.392. The molecule has 1 aromatic rings. The summed E-state index contributed by atoms with van der Waals surface area (Å²) < 4.78 is 6.57. The Morgan fingerprint density at radius 1 is 1.56 bits per heavy atom. The Morgan fingerprint density at radius 2 is 2.25 bits per heavy atom. The van der Waals surface area contributed by atoms with E-state index in [1.165, 1.54) is 0 Å². The molecule has 0 aliphatic heterocycles. The van der Waals surface area contributed by atoms with Crippen LogP contribution in [0.4, 0.5) is 0 Å². The highest BCUT2D eigenvalue weighted by Crippen LogP contribution is 2.11. The lowest BCUT2D eigenvalue weighted by Gasteiger charge is -2.07. The van der Waals surface area contributed by atoms with Gasteiger partial charge in [-0.3, -0.25) is 4.79 Å². The smallest absolute Gasteiger partial charge is 0.333 e. The van der Waals surface area contributed by atoms with E-state index in [9.17, 15) is 9.59 Å². The molecule has 0 unspecified atom stereocenters. The summed E-state index contributed by atoms with van der Waals surface area (Å²) in [6.07, 6.45) is 1.17. The standard InChI is InChI=1S/C12H15NO3/c1-4-16-12(15)9(2)7-10-5-6-11(8-14)13(10)3/h5-6,8H,2,4,7H2,1,3H3. The average molecular weight is 221 g/mol. The van der Waals surface area contributed by atoms with Crippen molar-refractivity contribution >= 4 is 12.3 Å². The van der Waals surface area contributed by atoms with E-state index in [0.717, 1.165) is 12.0 Å². The van der Waals surface area contributed by atoms with Gasteiger partial charge in [-0.15, -0.1) is 0 Å². The number of carbonyl (C=O) groups excluding carboxylic acids is 2. The van der Waals surface area contributed by atoms with Gasteiger partial charge in [-0.05, 0) is 19.1 Å². The van der Waals surface area contributed by atoms with E-state index in [-0.39, 0.29) is 0 Å². The predicted molar refractivity (Wildman–Crippen MR) is 60.3 cm³/mol. The molecule has 0 amide bonds. The first-order chi connectivity index (χ1) is 7.60. The van der Waals surface area contributed by atoms with E-state index in [1.807, 2.05) is 0 Å². The third-order valence-corrected chi connectivity index (χ3v) is 2.34. The van der Waals surface area contributed by atoms with Crippen LogP contribution in [0.5, 0.6) is 0 Å². The predicted octanol–water partition coefficient (Wildman–Crippen LogP) is 1.50. The second-order valence-corrected chi connectivity index (χ2v) is 3.43. The van der Waals surface area contributed by atoms with Gasteiger partial charge in [0.1, 0.15) is 0 Å². The Morgan fingerprint density at radius 3 is 2.75 bits per heavy atom. The topological polar surface area (TPSA) is 48.3 Å². The summed E-state index contributed by atoms with van der Waals surface area (Å²) in [6, 6.07) is 3.51. The van der Waals surface area contributed by atoms with Crippen molar-refractivity contribution in [3.8, 4) is 0 Å². The molecule has 4 nitrogen and oxygen atoms in total. The van der Waals surface area contributed by atoms with E-state index >= 15 is 0 Å². The van der Waals surface area contributed by atoms with Crippen molar-refractivity contribution in [2.45, 2.75) is 13.3 Å². The number of ether oxygens (including phenoxy) is 1. The van der Waals surface area contributed by atoms with Gasteiger partial charge in [0.05, 0.1) is 12.3 Å². The van der Waals surface area contributed by atoms with Crippen LogP contribution >= 0.6 is 0 Å². The Kier molecular flexibility index (Phi) is 4.05. The lowest BCUT2D eigenvalue weighted by Crippen LogP contribution is -2.10. The second kappa shape index (κ2) is 5.30. The molecule has 0 saturated heterocycles. The minimum atomic E-state index is -0.392. The summed E-state index contributed by atoms with van der Waals surface area (Å²) in [5, 5.41) is 0. The van der Waals surface area contributed by atoms with Crippen molar-refractivity contribution in [1.29, 1.82) is 0 Å². The minimum absolute atomic E-state index is 0.338. The zero-order valence-corrected chi connectivity index (χ0v) is 9.53. The number of esters is 1. The Labute approximate surface area is 94.5 Å². The number of aldehydes is 1. The third kappa shape index (κ3) is 2.59. The molecule has 0 radical (unpaired) electrons. The number of nitrogens with zero attached hydrogens (tertiary/aromatic N) is 1. The van der Waals surface area contributed by atoms with Crippen molar-refractivity contribution in [2.24, 2.45) is 7.05 Å². The van der Waals surface area contributed by atoms with Crippen LogP contribution < -0.4 is 0 Å². The molecule has 0 bridgehead atoms. The third-order valence-electron chi connectivity index (χ3n) is 2.34. The molecule has 86 valence electrons. The fourth-order valence-electron chi connectivity index (χ4n) is 1.39. The van der Waals surface area contributed by atoms with Crippen LogP contribution in [0.1, 0.15) is 23.1 Å². The highest BCUT2D eigenvalue weighted by Gasteiger charge is 2.11. The molecular formula is C12H15NO3. The normalized spacial score (nSPS) is 9.88. The van der Waals surface area contributed by atoms with Crippen LogP contribution in [0.25, 0.3) is 0 Å². The molecule has 0 aliphatic rings. The summed E-state index contributed by atoms with van der Waals surface area (Å²) in [7, 11) is 1.78. The fourth-order valence-corrected chi connectivity index (χ4v) is 1.39. The van der Waals surface area contributed by atoms with E-state index in [4.69, 9.17) is 4.74 Å². The molecule has 1 aromatic heterocycles. The van der Waals surface area contributed by atoms with Crippen LogP contribution in [0, 0.1) is 0 Å². The van der Waals surface area contributed by atoms with Gasteiger partial charge in [-0.25, -0.2) is 4.79 Å². The molecule has 0 aliphatic carbocycles. The molecule has 16 heavy (non-hydrogen) atoms. The fraction of sp³-hybridized carbons (Fsp3) is 0.333. The van der Waals surface area contributed by atoms with Crippen molar-refractivity contribution < 1.29 is 14.3 Å². The maximum Gasteiger partial charge on any atom is 0.333 e. The van der Waals surface area contributed by atoms with Crippen LogP contribution in [0.3, 0.4) is 0 Å². The summed E-state index contributed by atoms with van der Waals surface area (Å²) >= 11 is 0. The SMILES string of the molecule is C=C(Cc1ccc(C=O)n1C)C(=O)OCC. The molecule has 1 rings (SSSR count). The minimum Gasteiger partial charge on any atom is -0.463 e. The number of aromatic nitrogens is 1. The number of carbonyl (C=O) groups is 2. The van der Waals surface area contributed by atoms with Crippen molar-refractivity contribution in [3.63, 3.8) is 0 Å². The van der Waals surface area contributed by atoms with Crippen LogP contribution in [0.15, 0.2) is 24.3 Å². The zero-order valence-electron chi connectivity index (χ0n) is 9.53. The number of hydrogen-bond donors (Lipinski definition) is 0. The number of hydrogen-bond acceptors (Lipinski definition) is 3. The van der Waals surface area contributed by atoms with E-state index in [1.54, 1.807) is 30.7 Å². The van der Waals surface area contributed by atoms with E-state index in [0.29, 0.717) is 24.3 Å². The lowest BCUT2D eigenvalue weighted by molar-refractivity contribution is -0.138. The van der Waals surface area contributed by atoms with Gasteiger partial charge >= 0.3 is 5.97 Å². The monoisotopic (exact) mass is 221 g/mol. The van der Waals surface area contributed by atoms with Gasteiger partial charge in [0.2, 0.25) is 0 Å². The van der Waals surface area contributed by atoms with Gasteiger partial charge in [-0.1, -0.05) is 6.58 Å². The van der Waals surface area contributed by atoms with E-state index < -0.39 is 5.97 Å². The maximum absolute atomic E-state index is 11.3. The first-order valence-electron chi connectivity index (χ1n) is 5.04. The summed E-state index contributed by atoms with van der Waals surface area (Å²) in [6.45, 7) is 5.75. The maximum atomic E-state index is 11.3. The highest BCUT2D eigenvalue weighted by molar-refractivity contribution is 5.88. The highest BCUT2D eigenvalue weighted by atomic mass is 16.5. The first-order valence-corrected chi connectivity index (χ1v) is 5.04. The molecule has 0 N–H and O–H groups in total. The second-order valence-electron chi connectivity index (χ2n) is 3.43. The molecule has 0 spiro atoms. The molecule has 0 fully saturated rings. The first kappa shape index (κ1) is 12.2. The lowest BCUT2D eigenvalue weighted by atomic mass is 10.2. The average Bonchev–Trinajstić information content (AvgIpc) is 2.60. The van der Waals surface area contributed by atoms with Crippen molar-refractivity contribution in [2.75, 3.05) is 6.61 Å². The van der Waals surface area contributed by atoms with Crippen LogP contribution in [-0.2, 0) is 23.0 Å². The van der Waals surface area contributed by atoms with Gasteiger partial charge < -0.3 is 9.30 Å². The molecular weight excluding hydrogens is 206 g/mol. The van der Waals surface area contributed by atoms with Gasteiger partial charge in [0.25, 0.3) is 0 Å². The van der Waals surface area contributed by atoms with Gasteiger partial charge in [0.15, 0.2) is 6.29 Å². The largest absolute Gasteiger partial charge is 0.463 e. The molecule has 0 aromatic carbocycles. The summed E-state index contributed by atoms with van der Waals surface area (Å²) in [4.78, 5) is 22.0. The molecule has 0 atom stereocenters. The van der Waals surface area contributed by atoms with Crippen LogP contribution in [-0.4, -0.2) is 23.4 Å². The molecule has 0 saturated carbocycles. The molecule has 4 heteroatoms. The van der Waals surface area contributed by atoms with E-state index in [2.05, 4.69) is 6.58 Å². The Hall–Kier alpha value is -1.84. The Balaban J connectivity index is 2.73. The van der Waals surface area contributed by atoms with Crippen molar-refractivity contribution in [3.05, 3.63) is 35.7 Å². The zero-order chi connectivity index (χ0) is 12.1. The van der Waals surface area contributed by atoms with Gasteiger partial charge in [-0.2, -0.15) is 0 Å². The quantitative estimate of drug-likeness (QED) is 0.430. The molecule has 1 heterocycles. The Bertz CT molecular complexity index is 418. The number of rotatable bonds is 5. The van der Waals surface area contributed by atoms with Crippen molar-refractivity contribution in [1.82, 2.24) is 4.57 Å². The summed E-state index contributed by atoms with van der Waals surface area (Å²) in [5.41, 5.74) is 1.83. The van der Waals surface area contributed by atoms with Crippen LogP contribution in [0.2, 0.25) is 0 Å².